The van der Waals surface area contributed by atoms with E-state index in [0.29, 0.717) is 5.92 Å². The molecule has 2 aromatic carbocycles. The number of aryl methyl sites for hydroxylation is 1. The molecule has 0 radical (unpaired) electrons. The monoisotopic (exact) mass is 235 g/mol. The SMILES string of the molecule is CC(c1ccccc1)c1cn(C)c2ccccc12. The first kappa shape index (κ1) is 11.1. The van der Waals surface area contributed by atoms with Gasteiger partial charge in [-0.05, 0) is 17.2 Å². The van der Waals surface area contributed by atoms with Crippen LogP contribution in [0.25, 0.3) is 10.9 Å². The summed E-state index contributed by atoms with van der Waals surface area (Å²) in [5.41, 5.74) is 4.07. The lowest BCUT2D eigenvalue weighted by Crippen LogP contribution is -1.94. The van der Waals surface area contributed by atoms with Crippen LogP contribution in [0.5, 0.6) is 0 Å². The first-order valence-corrected chi connectivity index (χ1v) is 6.36. The van der Waals surface area contributed by atoms with E-state index in [1.54, 1.807) is 0 Å². The van der Waals surface area contributed by atoms with E-state index >= 15 is 0 Å². The smallest absolute Gasteiger partial charge is 0.0480 e. The Morgan fingerprint density at radius 1 is 0.889 bits per heavy atom. The predicted molar refractivity (Wildman–Crippen MR) is 76.9 cm³/mol. The third-order valence-electron chi connectivity index (χ3n) is 3.69. The largest absolute Gasteiger partial charge is 0.350 e. The van der Waals surface area contributed by atoms with Crippen LogP contribution in [0.2, 0.25) is 0 Å². The molecule has 0 saturated heterocycles. The molecule has 0 fully saturated rings. The maximum atomic E-state index is 2.27. The molecule has 18 heavy (non-hydrogen) atoms. The molecule has 0 spiro atoms. The number of rotatable bonds is 2. The van der Waals surface area contributed by atoms with Gasteiger partial charge in [-0.2, -0.15) is 0 Å². The molecule has 1 heteroatoms. The standard InChI is InChI=1S/C17H17N/c1-13(14-8-4-3-5-9-14)16-12-18(2)17-11-7-6-10-15(16)17/h3-13H,1-2H3. The topological polar surface area (TPSA) is 4.93 Å². The number of nitrogens with zero attached hydrogens (tertiary/aromatic N) is 1. The summed E-state index contributed by atoms with van der Waals surface area (Å²) in [5, 5.41) is 1.36. The fourth-order valence-corrected chi connectivity index (χ4v) is 2.64. The minimum Gasteiger partial charge on any atom is -0.350 e. The summed E-state index contributed by atoms with van der Waals surface area (Å²) >= 11 is 0. The van der Waals surface area contributed by atoms with Gasteiger partial charge < -0.3 is 4.57 Å². The average molecular weight is 235 g/mol. The van der Waals surface area contributed by atoms with Crippen LogP contribution in [-0.2, 0) is 7.05 Å². The lowest BCUT2D eigenvalue weighted by molar-refractivity contribution is 0.899. The summed E-state index contributed by atoms with van der Waals surface area (Å²) in [6.07, 6.45) is 2.25. The molecule has 3 aromatic rings. The van der Waals surface area contributed by atoms with E-state index < -0.39 is 0 Å². The predicted octanol–water partition coefficient (Wildman–Crippen LogP) is 4.33. The van der Waals surface area contributed by atoms with Crippen molar-refractivity contribution in [2.75, 3.05) is 0 Å². The van der Waals surface area contributed by atoms with Crippen LogP contribution in [-0.4, -0.2) is 4.57 Å². The highest BCUT2D eigenvalue weighted by Gasteiger charge is 2.13. The van der Waals surface area contributed by atoms with Crippen LogP contribution < -0.4 is 0 Å². The van der Waals surface area contributed by atoms with Crippen LogP contribution in [0.4, 0.5) is 0 Å². The number of fused-ring (bicyclic) bond motifs is 1. The Balaban J connectivity index is 2.15. The second-order valence-corrected chi connectivity index (χ2v) is 4.84. The van der Waals surface area contributed by atoms with Crippen molar-refractivity contribution in [1.82, 2.24) is 4.57 Å². The lowest BCUT2D eigenvalue weighted by atomic mass is 9.93. The normalized spacial score (nSPS) is 12.8. The van der Waals surface area contributed by atoms with Crippen LogP contribution in [0.3, 0.4) is 0 Å². The third-order valence-corrected chi connectivity index (χ3v) is 3.69. The Morgan fingerprint density at radius 3 is 2.33 bits per heavy atom. The Hall–Kier alpha value is -2.02. The Morgan fingerprint density at radius 2 is 1.56 bits per heavy atom. The minimum atomic E-state index is 0.428. The zero-order valence-corrected chi connectivity index (χ0v) is 10.8. The number of aromatic nitrogens is 1. The summed E-state index contributed by atoms with van der Waals surface area (Å²) in [5.74, 6) is 0.428. The van der Waals surface area contributed by atoms with Gasteiger partial charge >= 0.3 is 0 Å². The van der Waals surface area contributed by atoms with Crippen molar-refractivity contribution in [3.05, 3.63) is 71.9 Å². The van der Waals surface area contributed by atoms with E-state index in [1.165, 1.54) is 22.0 Å². The summed E-state index contributed by atoms with van der Waals surface area (Å²) in [4.78, 5) is 0. The van der Waals surface area contributed by atoms with E-state index in [4.69, 9.17) is 0 Å². The summed E-state index contributed by atoms with van der Waals surface area (Å²) in [6.45, 7) is 2.27. The highest BCUT2D eigenvalue weighted by Crippen LogP contribution is 2.31. The number of hydrogen-bond donors (Lipinski definition) is 0. The van der Waals surface area contributed by atoms with Crippen molar-refractivity contribution >= 4 is 10.9 Å². The maximum Gasteiger partial charge on any atom is 0.0480 e. The molecule has 1 atom stereocenters. The molecule has 0 aliphatic rings. The molecule has 1 aromatic heterocycles. The molecule has 1 nitrogen and oxygen atoms in total. The highest BCUT2D eigenvalue weighted by molar-refractivity contribution is 5.84. The van der Waals surface area contributed by atoms with Crippen LogP contribution in [0.1, 0.15) is 24.0 Å². The van der Waals surface area contributed by atoms with Gasteiger partial charge in [0, 0.05) is 30.1 Å². The van der Waals surface area contributed by atoms with Crippen molar-refractivity contribution in [3.8, 4) is 0 Å². The van der Waals surface area contributed by atoms with Gasteiger partial charge in [0.05, 0.1) is 0 Å². The average Bonchev–Trinajstić information content (AvgIpc) is 2.77. The van der Waals surface area contributed by atoms with Crippen LogP contribution >= 0.6 is 0 Å². The van der Waals surface area contributed by atoms with Gasteiger partial charge in [0.15, 0.2) is 0 Å². The number of hydrogen-bond acceptors (Lipinski definition) is 0. The molecule has 1 heterocycles. The van der Waals surface area contributed by atoms with E-state index in [2.05, 4.69) is 79.3 Å². The van der Waals surface area contributed by atoms with Crippen molar-refractivity contribution in [3.63, 3.8) is 0 Å². The zero-order valence-electron chi connectivity index (χ0n) is 10.8. The molecule has 0 saturated carbocycles. The molecule has 0 aliphatic carbocycles. The van der Waals surface area contributed by atoms with Gasteiger partial charge in [0.1, 0.15) is 0 Å². The Bertz CT molecular complexity index is 664. The molecule has 0 N–H and O–H groups in total. The Labute approximate surface area is 108 Å². The highest BCUT2D eigenvalue weighted by atomic mass is 14.9. The van der Waals surface area contributed by atoms with Gasteiger partial charge in [0.2, 0.25) is 0 Å². The second-order valence-electron chi connectivity index (χ2n) is 4.84. The van der Waals surface area contributed by atoms with Crippen molar-refractivity contribution < 1.29 is 0 Å². The van der Waals surface area contributed by atoms with E-state index in [9.17, 15) is 0 Å². The van der Waals surface area contributed by atoms with E-state index in [1.807, 2.05) is 0 Å². The quantitative estimate of drug-likeness (QED) is 0.623. The fourth-order valence-electron chi connectivity index (χ4n) is 2.64. The first-order chi connectivity index (χ1) is 8.77. The van der Waals surface area contributed by atoms with E-state index in [-0.39, 0.29) is 0 Å². The van der Waals surface area contributed by atoms with Gasteiger partial charge in [-0.3, -0.25) is 0 Å². The molecule has 1 unspecified atom stereocenters. The molecule has 0 aliphatic heterocycles. The summed E-state index contributed by atoms with van der Waals surface area (Å²) < 4.78 is 2.21. The molecular formula is C17H17N. The Kier molecular flexibility index (Phi) is 2.67. The fraction of sp³-hybridized carbons (Fsp3) is 0.176. The number of para-hydroxylation sites is 1. The van der Waals surface area contributed by atoms with E-state index in [0.717, 1.165) is 0 Å². The number of benzene rings is 2. The third kappa shape index (κ3) is 1.72. The molecule has 90 valence electrons. The molecule has 3 rings (SSSR count). The lowest BCUT2D eigenvalue weighted by Gasteiger charge is -2.10. The first-order valence-electron chi connectivity index (χ1n) is 6.36. The minimum absolute atomic E-state index is 0.428. The molecule has 0 amide bonds. The van der Waals surface area contributed by atoms with Crippen molar-refractivity contribution in [2.24, 2.45) is 7.05 Å². The van der Waals surface area contributed by atoms with Crippen molar-refractivity contribution in [1.29, 1.82) is 0 Å². The van der Waals surface area contributed by atoms with Crippen molar-refractivity contribution in [2.45, 2.75) is 12.8 Å². The maximum absolute atomic E-state index is 2.27. The van der Waals surface area contributed by atoms with Gasteiger partial charge in [0.25, 0.3) is 0 Å². The summed E-state index contributed by atoms with van der Waals surface area (Å²) in [7, 11) is 2.11. The summed E-state index contributed by atoms with van der Waals surface area (Å²) in [6, 6.07) is 19.3. The second kappa shape index (κ2) is 4.34. The van der Waals surface area contributed by atoms with Crippen LogP contribution in [0.15, 0.2) is 60.8 Å². The van der Waals surface area contributed by atoms with Crippen LogP contribution in [0, 0.1) is 0 Å². The molecular weight excluding hydrogens is 218 g/mol. The van der Waals surface area contributed by atoms with Gasteiger partial charge in [-0.25, -0.2) is 0 Å². The van der Waals surface area contributed by atoms with Gasteiger partial charge in [-0.15, -0.1) is 0 Å². The van der Waals surface area contributed by atoms with Gasteiger partial charge in [-0.1, -0.05) is 55.5 Å². The zero-order chi connectivity index (χ0) is 12.5. The molecule has 0 bridgehead atoms.